The Kier molecular flexibility index (Phi) is 10.7. The van der Waals surface area contributed by atoms with Crippen LogP contribution in [0.2, 0.25) is 5.02 Å². The Morgan fingerprint density at radius 3 is 2.63 bits per heavy atom. The number of hydrogen-bond acceptors (Lipinski definition) is 2. The molecule has 0 aliphatic carbocycles. The predicted octanol–water partition coefficient (Wildman–Crippen LogP) is 3.99. The molecule has 1 amide bonds. The summed E-state index contributed by atoms with van der Waals surface area (Å²) in [6.07, 6.45) is 0.782. The van der Waals surface area contributed by atoms with Crippen LogP contribution in [0.5, 0.6) is 0 Å². The van der Waals surface area contributed by atoms with Crippen molar-refractivity contribution in [3.05, 3.63) is 68.7 Å². The van der Waals surface area contributed by atoms with E-state index >= 15 is 0 Å². The molecule has 5 nitrogen and oxygen atoms in total. The molecule has 0 aliphatic rings. The van der Waals surface area contributed by atoms with Gasteiger partial charge in [-0.3, -0.25) is 9.79 Å². The molecular weight excluding hydrogens is 542 g/mol. The van der Waals surface area contributed by atoms with Gasteiger partial charge in [0, 0.05) is 42.2 Å². The molecule has 0 aliphatic heterocycles. The lowest BCUT2D eigenvalue weighted by Gasteiger charge is -2.13. The molecule has 0 fully saturated rings. The first kappa shape index (κ1) is 23.7. The molecule has 8 heteroatoms. The largest absolute Gasteiger partial charge is 0.356 e. The number of benzene rings is 2. The molecule has 0 unspecified atom stereocenters. The number of rotatable bonds is 6. The summed E-state index contributed by atoms with van der Waals surface area (Å²) >= 11 is 9.63. The van der Waals surface area contributed by atoms with Crippen LogP contribution in [0, 0.1) is 0 Å². The quantitative estimate of drug-likeness (QED) is 0.282. The molecule has 0 bridgehead atoms. The standard InChI is InChI=1S/C19H22BrClN4O.HI/c1-22-18(26)14-5-3-4-13(10-14)8-9-24-19(23-2)25-12-15-6-7-16(20)11-17(15)21;/h3-7,10-11H,8-9,12H2,1-2H3,(H,22,26)(H2,23,24,25);1H. The number of guanidine groups is 1. The van der Waals surface area contributed by atoms with E-state index in [1.165, 1.54) is 0 Å². The van der Waals surface area contributed by atoms with Gasteiger partial charge in [0.1, 0.15) is 0 Å². The van der Waals surface area contributed by atoms with Crippen LogP contribution in [-0.2, 0) is 13.0 Å². The molecule has 0 aromatic heterocycles. The number of amides is 1. The van der Waals surface area contributed by atoms with Crippen LogP contribution in [0.25, 0.3) is 0 Å². The number of hydrogen-bond donors (Lipinski definition) is 3. The first-order valence-corrected chi connectivity index (χ1v) is 9.40. The van der Waals surface area contributed by atoms with Gasteiger partial charge in [-0.25, -0.2) is 0 Å². The maximum Gasteiger partial charge on any atom is 0.251 e. The zero-order valence-electron chi connectivity index (χ0n) is 15.2. The van der Waals surface area contributed by atoms with Crippen molar-refractivity contribution in [1.29, 1.82) is 0 Å². The first-order chi connectivity index (χ1) is 12.5. The van der Waals surface area contributed by atoms with E-state index in [4.69, 9.17) is 11.6 Å². The Balaban J connectivity index is 0.00000364. The van der Waals surface area contributed by atoms with Gasteiger partial charge in [-0.15, -0.1) is 24.0 Å². The van der Waals surface area contributed by atoms with E-state index in [0.717, 1.165) is 22.0 Å². The van der Waals surface area contributed by atoms with Crippen molar-refractivity contribution in [2.24, 2.45) is 4.99 Å². The molecule has 0 saturated heterocycles. The van der Waals surface area contributed by atoms with E-state index in [0.29, 0.717) is 29.6 Å². The van der Waals surface area contributed by atoms with Gasteiger partial charge < -0.3 is 16.0 Å². The summed E-state index contributed by atoms with van der Waals surface area (Å²) in [7, 11) is 3.36. The Morgan fingerprint density at radius 1 is 1.19 bits per heavy atom. The van der Waals surface area contributed by atoms with Gasteiger partial charge in [-0.1, -0.05) is 45.7 Å². The van der Waals surface area contributed by atoms with E-state index in [1.54, 1.807) is 20.2 Å². The average Bonchev–Trinajstić information content (AvgIpc) is 2.65. The number of carbonyl (C=O) groups excluding carboxylic acids is 1. The highest BCUT2D eigenvalue weighted by atomic mass is 127. The van der Waals surface area contributed by atoms with Crippen LogP contribution in [0.15, 0.2) is 51.9 Å². The second-order valence-electron chi connectivity index (χ2n) is 5.62. The molecule has 27 heavy (non-hydrogen) atoms. The van der Waals surface area contributed by atoms with Crippen molar-refractivity contribution >= 4 is 63.4 Å². The maximum absolute atomic E-state index is 11.7. The summed E-state index contributed by atoms with van der Waals surface area (Å²) in [6.45, 7) is 1.28. The van der Waals surface area contributed by atoms with Gasteiger partial charge in [0.2, 0.25) is 0 Å². The van der Waals surface area contributed by atoms with Gasteiger partial charge in [-0.2, -0.15) is 0 Å². The first-order valence-electron chi connectivity index (χ1n) is 8.23. The lowest BCUT2D eigenvalue weighted by atomic mass is 10.1. The van der Waals surface area contributed by atoms with E-state index in [1.807, 2.05) is 36.4 Å². The Labute approximate surface area is 190 Å². The summed E-state index contributed by atoms with van der Waals surface area (Å²) in [5, 5.41) is 9.85. The SMILES string of the molecule is CN=C(NCCc1cccc(C(=O)NC)c1)NCc1ccc(Br)cc1Cl.I. The van der Waals surface area contributed by atoms with Crippen molar-refractivity contribution in [1.82, 2.24) is 16.0 Å². The third-order valence-electron chi connectivity index (χ3n) is 3.81. The van der Waals surface area contributed by atoms with Crippen LogP contribution in [0.4, 0.5) is 0 Å². The lowest BCUT2D eigenvalue weighted by Crippen LogP contribution is -2.37. The lowest BCUT2D eigenvalue weighted by molar-refractivity contribution is 0.0963. The van der Waals surface area contributed by atoms with E-state index in [2.05, 4.69) is 36.9 Å². The van der Waals surface area contributed by atoms with E-state index in [-0.39, 0.29) is 29.9 Å². The van der Waals surface area contributed by atoms with Gasteiger partial charge >= 0.3 is 0 Å². The number of nitrogens with zero attached hydrogens (tertiary/aromatic N) is 1. The molecule has 3 N–H and O–H groups in total. The van der Waals surface area contributed by atoms with Crippen molar-refractivity contribution in [2.75, 3.05) is 20.6 Å². The summed E-state index contributed by atoms with van der Waals surface area (Å²) in [5.74, 6) is 0.620. The summed E-state index contributed by atoms with van der Waals surface area (Å²) in [4.78, 5) is 15.9. The fraction of sp³-hybridized carbons (Fsp3) is 0.263. The van der Waals surface area contributed by atoms with Crippen molar-refractivity contribution < 1.29 is 4.79 Å². The molecule has 2 aromatic rings. The minimum absolute atomic E-state index is 0. The molecule has 0 spiro atoms. The zero-order valence-corrected chi connectivity index (χ0v) is 19.9. The second kappa shape index (κ2) is 12.2. The summed E-state index contributed by atoms with van der Waals surface area (Å²) < 4.78 is 0.952. The number of halogens is 3. The summed E-state index contributed by atoms with van der Waals surface area (Å²) in [5.41, 5.74) is 2.75. The van der Waals surface area contributed by atoms with Crippen molar-refractivity contribution in [2.45, 2.75) is 13.0 Å². The fourth-order valence-electron chi connectivity index (χ4n) is 2.40. The van der Waals surface area contributed by atoms with Crippen LogP contribution in [0.3, 0.4) is 0 Å². The molecule has 146 valence electrons. The fourth-order valence-corrected chi connectivity index (χ4v) is 3.14. The Bertz CT molecular complexity index is 801. The number of carbonyl (C=O) groups is 1. The highest BCUT2D eigenvalue weighted by molar-refractivity contribution is 14.0. The minimum Gasteiger partial charge on any atom is -0.356 e. The van der Waals surface area contributed by atoms with Gasteiger partial charge in [0.15, 0.2) is 5.96 Å². The summed E-state index contributed by atoms with van der Waals surface area (Å²) in [6, 6.07) is 13.4. The van der Waals surface area contributed by atoms with Crippen LogP contribution in [-0.4, -0.2) is 32.5 Å². The maximum atomic E-state index is 11.7. The van der Waals surface area contributed by atoms with Gasteiger partial charge in [0.05, 0.1) is 0 Å². The van der Waals surface area contributed by atoms with Crippen molar-refractivity contribution in [3.63, 3.8) is 0 Å². The number of aliphatic imine (C=N–C) groups is 1. The van der Waals surface area contributed by atoms with E-state index < -0.39 is 0 Å². The molecule has 0 saturated carbocycles. The van der Waals surface area contributed by atoms with Gasteiger partial charge in [0.25, 0.3) is 5.91 Å². The van der Waals surface area contributed by atoms with Crippen molar-refractivity contribution in [3.8, 4) is 0 Å². The Hall–Kier alpha value is -1.32. The molecule has 0 radical (unpaired) electrons. The highest BCUT2D eigenvalue weighted by Crippen LogP contribution is 2.21. The predicted molar refractivity (Wildman–Crippen MR) is 126 cm³/mol. The van der Waals surface area contributed by atoms with E-state index in [9.17, 15) is 4.79 Å². The minimum atomic E-state index is -0.0799. The third-order valence-corrected chi connectivity index (χ3v) is 4.65. The number of nitrogens with one attached hydrogen (secondary N) is 3. The zero-order chi connectivity index (χ0) is 18.9. The average molecular weight is 566 g/mol. The molecule has 2 aromatic carbocycles. The Morgan fingerprint density at radius 2 is 1.96 bits per heavy atom. The van der Waals surface area contributed by atoms with Crippen LogP contribution >= 0.6 is 51.5 Å². The molecule has 0 heterocycles. The monoisotopic (exact) mass is 564 g/mol. The second-order valence-corrected chi connectivity index (χ2v) is 6.94. The third kappa shape index (κ3) is 7.67. The van der Waals surface area contributed by atoms with Gasteiger partial charge in [-0.05, 0) is 41.8 Å². The molecule has 2 rings (SSSR count). The highest BCUT2D eigenvalue weighted by Gasteiger charge is 2.05. The topological polar surface area (TPSA) is 65.5 Å². The molecular formula is C19H23BrClIN4O. The van der Waals surface area contributed by atoms with Crippen LogP contribution < -0.4 is 16.0 Å². The normalized spacial score (nSPS) is 10.7. The molecule has 0 atom stereocenters. The smallest absolute Gasteiger partial charge is 0.251 e. The van der Waals surface area contributed by atoms with Crippen LogP contribution in [0.1, 0.15) is 21.5 Å².